The fourth-order valence-electron chi connectivity index (χ4n) is 7.96. The van der Waals surface area contributed by atoms with Gasteiger partial charge in [-0.05, 0) is 81.9 Å². The number of benzene rings is 8. The summed E-state index contributed by atoms with van der Waals surface area (Å²) in [5.74, 6) is 4.95. The van der Waals surface area contributed by atoms with Gasteiger partial charge >= 0.3 is 0 Å². The molecule has 0 aromatic heterocycles. The molecule has 2 heterocycles. The van der Waals surface area contributed by atoms with E-state index in [1.807, 2.05) is 133 Å². The molecule has 0 saturated heterocycles. The molecule has 2 aliphatic heterocycles. The Kier molecular flexibility index (Phi) is 18.3. The highest BCUT2D eigenvalue weighted by molar-refractivity contribution is 9.09. The van der Waals surface area contributed by atoms with Crippen molar-refractivity contribution in [3.8, 4) is 34.5 Å². The van der Waals surface area contributed by atoms with E-state index in [2.05, 4.69) is 118 Å². The lowest BCUT2D eigenvalue weighted by atomic mass is 10.0. The highest BCUT2D eigenvalue weighted by Crippen LogP contribution is 2.42. The maximum absolute atomic E-state index is 6.21. The fourth-order valence-corrected chi connectivity index (χ4v) is 7.96. The van der Waals surface area contributed by atoms with Gasteiger partial charge < -0.3 is 38.6 Å². The molecule has 0 spiro atoms. The van der Waals surface area contributed by atoms with Gasteiger partial charge in [-0.15, -0.1) is 13.2 Å². The molecule has 0 aliphatic carbocycles. The van der Waals surface area contributed by atoms with Crippen LogP contribution in [0.4, 0.5) is 11.4 Å². The number of hydrogen-bond acceptors (Lipinski definition) is 8. The zero-order valence-electron chi connectivity index (χ0n) is 39.8. The molecule has 0 amide bonds. The van der Waals surface area contributed by atoms with Crippen LogP contribution >= 0.6 is 15.9 Å². The Morgan fingerprint density at radius 2 is 0.887 bits per heavy atom. The normalized spacial score (nSPS) is 14.1. The number of hydrogen-bond donors (Lipinski definition) is 1. The zero-order chi connectivity index (χ0) is 48.9. The molecule has 0 fully saturated rings. The van der Waals surface area contributed by atoms with Crippen molar-refractivity contribution in [1.29, 1.82) is 0 Å². The number of nitrogens with zero attached hydrogens (tertiary/aromatic N) is 1. The summed E-state index contributed by atoms with van der Waals surface area (Å²) < 4.78 is 36.0. The highest BCUT2D eigenvalue weighted by Gasteiger charge is 2.29. The fraction of sp³-hybridized carbons (Fsp3) is 0.161. The Bertz CT molecular complexity index is 2850. The van der Waals surface area contributed by atoms with E-state index < -0.39 is 0 Å². The van der Waals surface area contributed by atoms with Crippen LogP contribution in [0.1, 0.15) is 45.5 Å². The number of rotatable bonds is 17. The Hall–Kier alpha value is -7.88. The maximum atomic E-state index is 6.21. The van der Waals surface area contributed by atoms with Gasteiger partial charge in [-0.1, -0.05) is 174 Å². The van der Waals surface area contributed by atoms with Crippen molar-refractivity contribution < 1.29 is 28.4 Å². The first-order valence-electron chi connectivity index (χ1n) is 23.8. The van der Waals surface area contributed by atoms with E-state index in [4.69, 9.17) is 28.4 Å². The number of alkyl halides is 1. The summed E-state index contributed by atoms with van der Waals surface area (Å²) in [6.45, 7) is 11.4. The minimum atomic E-state index is 0.0831. The van der Waals surface area contributed by atoms with Gasteiger partial charge in [0.2, 0.25) is 0 Å². The monoisotopic (exact) mass is 1010 g/mol. The average Bonchev–Trinajstić information content (AvgIpc) is 3.44. The summed E-state index contributed by atoms with van der Waals surface area (Å²) in [7, 11) is 0. The SMILES string of the molecule is C=CCBr.C=CCN1c2ccc(OCc3ccccc3)cc2OC[C@H]1c1ccc(OCc2ccccc2)cc1.c1ccc(COc2ccc([C@@H]3COc4cc(OCc5ccccc5)ccc4N3)cc2)cc1. The third-order valence-electron chi connectivity index (χ3n) is 11.7. The summed E-state index contributed by atoms with van der Waals surface area (Å²) in [6.07, 6.45) is 3.72. The van der Waals surface area contributed by atoms with Crippen LogP contribution in [0, 0.1) is 0 Å². The molecule has 0 saturated carbocycles. The van der Waals surface area contributed by atoms with Gasteiger partial charge in [0.25, 0.3) is 0 Å². The van der Waals surface area contributed by atoms with E-state index >= 15 is 0 Å². The number of nitrogens with one attached hydrogen (secondary N) is 1. The lowest BCUT2D eigenvalue weighted by Crippen LogP contribution is -2.36. The Balaban J connectivity index is 0.000000178. The number of fused-ring (bicyclic) bond motifs is 2. The van der Waals surface area contributed by atoms with Crippen LogP contribution < -0.4 is 38.6 Å². The Labute approximate surface area is 426 Å². The zero-order valence-corrected chi connectivity index (χ0v) is 41.4. The van der Waals surface area contributed by atoms with Crippen LogP contribution in [0.15, 0.2) is 232 Å². The summed E-state index contributed by atoms with van der Waals surface area (Å²) >= 11 is 3.13. The first-order valence-corrected chi connectivity index (χ1v) is 24.9. The molecular formula is C62H59BrN2O6. The van der Waals surface area contributed by atoms with E-state index in [0.717, 1.165) is 85.6 Å². The van der Waals surface area contributed by atoms with Crippen LogP contribution in [0.5, 0.6) is 34.5 Å². The van der Waals surface area contributed by atoms with E-state index in [-0.39, 0.29) is 12.1 Å². The molecule has 9 heteroatoms. The highest BCUT2D eigenvalue weighted by atomic mass is 79.9. The molecular weight excluding hydrogens is 949 g/mol. The summed E-state index contributed by atoms with van der Waals surface area (Å²) in [4.78, 5) is 2.33. The quantitative estimate of drug-likeness (QED) is 0.0715. The lowest BCUT2D eigenvalue weighted by molar-refractivity contribution is 0.260. The number of anilines is 2. The molecule has 0 radical (unpaired) electrons. The third-order valence-corrected chi connectivity index (χ3v) is 12.1. The van der Waals surface area contributed by atoms with Gasteiger partial charge in [0.15, 0.2) is 0 Å². The summed E-state index contributed by atoms with van der Waals surface area (Å²) in [6, 6.07) is 69.3. The van der Waals surface area contributed by atoms with Gasteiger partial charge in [0.1, 0.15) is 74.1 Å². The molecule has 2 aliphatic rings. The van der Waals surface area contributed by atoms with Gasteiger partial charge in [0.05, 0.1) is 23.5 Å². The van der Waals surface area contributed by atoms with E-state index in [1.165, 1.54) is 5.56 Å². The van der Waals surface area contributed by atoms with Crippen molar-refractivity contribution in [2.75, 3.05) is 35.3 Å². The van der Waals surface area contributed by atoms with Crippen molar-refractivity contribution in [2.45, 2.75) is 38.5 Å². The molecule has 8 nitrogen and oxygen atoms in total. The molecule has 360 valence electrons. The van der Waals surface area contributed by atoms with Crippen LogP contribution in [-0.2, 0) is 26.4 Å². The van der Waals surface area contributed by atoms with Crippen molar-refractivity contribution in [3.63, 3.8) is 0 Å². The molecule has 0 bridgehead atoms. The predicted molar refractivity (Wildman–Crippen MR) is 290 cm³/mol. The standard InChI is InChI=1S/C31H29NO3.C28H25NO3.C3H5Br/c1-2-19-32-29-18-17-28(34-22-25-11-7-4-8-12-25)20-31(29)35-23-30(32)26-13-15-27(16-14-26)33-21-24-9-5-3-6-10-24;1-3-7-21(8-4-1)18-30-24-13-11-23(12-14-24)27-20-32-28-17-25(15-16-26(28)29-27)31-19-22-9-5-2-6-10-22;1-2-3-4/h2-18,20,30H,1,19,21-23H2;1-17,27,29H,18-20H2;2H,1,3H2/t30-;27-;/m00./s1. The summed E-state index contributed by atoms with van der Waals surface area (Å²) in [5.41, 5.74) is 8.92. The smallest absolute Gasteiger partial charge is 0.146 e. The maximum Gasteiger partial charge on any atom is 0.146 e. The van der Waals surface area contributed by atoms with Gasteiger partial charge in [-0.3, -0.25) is 0 Å². The molecule has 2 atom stereocenters. The van der Waals surface area contributed by atoms with Crippen LogP contribution in [0.3, 0.4) is 0 Å². The van der Waals surface area contributed by atoms with Gasteiger partial charge in [-0.2, -0.15) is 0 Å². The first-order chi connectivity index (χ1) is 35.0. The third kappa shape index (κ3) is 14.6. The minimum Gasteiger partial charge on any atom is -0.489 e. The number of allylic oxidation sites excluding steroid dienone is 1. The average molecular weight is 1010 g/mol. The molecule has 8 aromatic carbocycles. The van der Waals surface area contributed by atoms with E-state index in [1.54, 1.807) is 6.08 Å². The summed E-state index contributed by atoms with van der Waals surface area (Å²) in [5, 5.41) is 4.47. The second kappa shape index (κ2) is 26.2. The van der Waals surface area contributed by atoms with Crippen LogP contribution in [-0.4, -0.2) is 25.1 Å². The second-order valence-electron chi connectivity index (χ2n) is 16.7. The van der Waals surface area contributed by atoms with E-state index in [9.17, 15) is 0 Å². The number of halogens is 1. The Morgan fingerprint density at radius 3 is 1.35 bits per heavy atom. The van der Waals surface area contributed by atoms with Crippen molar-refractivity contribution in [1.82, 2.24) is 0 Å². The second-order valence-corrected chi connectivity index (χ2v) is 17.4. The van der Waals surface area contributed by atoms with Crippen molar-refractivity contribution >= 4 is 27.3 Å². The molecule has 71 heavy (non-hydrogen) atoms. The first kappa shape index (κ1) is 49.5. The van der Waals surface area contributed by atoms with Crippen molar-refractivity contribution in [3.05, 3.63) is 265 Å². The van der Waals surface area contributed by atoms with Gasteiger partial charge in [-0.25, -0.2) is 0 Å². The van der Waals surface area contributed by atoms with Crippen molar-refractivity contribution in [2.24, 2.45) is 0 Å². The van der Waals surface area contributed by atoms with Crippen LogP contribution in [0.25, 0.3) is 0 Å². The predicted octanol–water partition coefficient (Wildman–Crippen LogP) is 14.9. The largest absolute Gasteiger partial charge is 0.489 e. The molecule has 1 N–H and O–H groups in total. The van der Waals surface area contributed by atoms with E-state index in [0.29, 0.717) is 39.6 Å². The molecule has 8 aromatic rings. The number of ether oxygens (including phenoxy) is 6. The van der Waals surface area contributed by atoms with Gasteiger partial charge in [0, 0.05) is 24.0 Å². The topological polar surface area (TPSA) is 70.7 Å². The van der Waals surface area contributed by atoms with Crippen LogP contribution in [0.2, 0.25) is 0 Å². The molecule has 10 rings (SSSR count). The minimum absolute atomic E-state index is 0.0831. The lowest BCUT2D eigenvalue weighted by Gasteiger charge is -2.38. The Morgan fingerprint density at radius 1 is 0.479 bits per heavy atom. The molecule has 0 unspecified atom stereocenters.